The van der Waals surface area contributed by atoms with Crippen molar-refractivity contribution in [3.63, 3.8) is 0 Å². The van der Waals surface area contributed by atoms with Gasteiger partial charge in [0.1, 0.15) is 5.69 Å². The maximum absolute atomic E-state index is 11.9. The van der Waals surface area contributed by atoms with Crippen molar-refractivity contribution < 1.29 is 4.79 Å². The van der Waals surface area contributed by atoms with Crippen molar-refractivity contribution in [3.05, 3.63) is 29.6 Å². The summed E-state index contributed by atoms with van der Waals surface area (Å²) in [6.45, 7) is 3.30. The molecule has 0 fully saturated rings. The summed E-state index contributed by atoms with van der Waals surface area (Å²) in [5.74, 6) is -0.0382. The Bertz CT molecular complexity index is 352. The standard InChI is InChI=1S/C12H19N3O/c1-3-4-7-15(2)12(16)11-8-10(9-13)5-6-14-11/h5-6,8H,3-4,7,9,13H2,1-2H3. The molecule has 0 aromatic carbocycles. The van der Waals surface area contributed by atoms with Gasteiger partial charge in [-0.25, -0.2) is 0 Å². The molecular formula is C12H19N3O. The predicted molar refractivity (Wildman–Crippen MR) is 64.0 cm³/mol. The minimum Gasteiger partial charge on any atom is -0.340 e. The summed E-state index contributed by atoms with van der Waals surface area (Å²) in [5, 5.41) is 0. The van der Waals surface area contributed by atoms with Gasteiger partial charge in [-0.3, -0.25) is 9.78 Å². The number of amides is 1. The van der Waals surface area contributed by atoms with Gasteiger partial charge < -0.3 is 10.6 Å². The minimum absolute atomic E-state index is 0.0382. The van der Waals surface area contributed by atoms with Crippen LogP contribution in [0.15, 0.2) is 18.3 Å². The van der Waals surface area contributed by atoms with Crippen LogP contribution in [0, 0.1) is 0 Å². The van der Waals surface area contributed by atoms with E-state index < -0.39 is 0 Å². The van der Waals surface area contributed by atoms with Crippen molar-refractivity contribution in [3.8, 4) is 0 Å². The number of rotatable bonds is 5. The summed E-state index contributed by atoms with van der Waals surface area (Å²) < 4.78 is 0. The third kappa shape index (κ3) is 3.31. The third-order valence-corrected chi connectivity index (χ3v) is 2.47. The first kappa shape index (κ1) is 12.6. The Kier molecular flexibility index (Phi) is 4.92. The number of aromatic nitrogens is 1. The Balaban J connectivity index is 2.71. The SMILES string of the molecule is CCCCN(C)C(=O)c1cc(CN)ccn1. The summed E-state index contributed by atoms with van der Waals surface area (Å²) in [5.41, 5.74) is 6.93. The van der Waals surface area contributed by atoms with Crippen LogP contribution in [0.1, 0.15) is 35.8 Å². The Hall–Kier alpha value is -1.42. The molecule has 1 heterocycles. The molecule has 1 aromatic rings. The van der Waals surface area contributed by atoms with Crippen LogP contribution in [-0.2, 0) is 6.54 Å². The second-order valence-corrected chi connectivity index (χ2v) is 3.83. The molecule has 1 rings (SSSR count). The quantitative estimate of drug-likeness (QED) is 0.818. The average Bonchev–Trinajstić information content (AvgIpc) is 2.35. The molecule has 0 aliphatic carbocycles. The van der Waals surface area contributed by atoms with E-state index in [0.29, 0.717) is 12.2 Å². The molecule has 1 aromatic heterocycles. The van der Waals surface area contributed by atoms with Gasteiger partial charge >= 0.3 is 0 Å². The Morgan fingerprint density at radius 2 is 2.31 bits per heavy atom. The molecule has 0 bridgehead atoms. The molecule has 2 N–H and O–H groups in total. The zero-order chi connectivity index (χ0) is 12.0. The predicted octanol–water partition coefficient (Wildman–Crippen LogP) is 1.41. The zero-order valence-electron chi connectivity index (χ0n) is 9.94. The van der Waals surface area contributed by atoms with Crippen LogP contribution in [0.3, 0.4) is 0 Å². The Labute approximate surface area is 96.5 Å². The molecule has 16 heavy (non-hydrogen) atoms. The molecule has 0 aliphatic heterocycles. The molecule has 0 saturated heterocycles. The van der Waals surface area contributed by atoms with Crippen molar-refractivity contribution in [2.24, 2.45) is 5.73 Å². The van der Waals surface area contributed by atoms with Gasteiger partial charge in [0.15, 0.2) is 0 Å². The summed E-state index contributed by atoms with van der Waals surface area (Å²) >= 11 is 0. The topological polar surface area (TPSA) is 59.2 Å². The number of pyridine rings is 1. The molecule has 0 aliphatic rings. The van der Waals surface area contributed by atoms with Gasteiger partial charge in [0, 0.05) is 26.3 Å². The fourth-order valence-corrected chi connectivity index (χ4v) is 1.41. The van der Waals surface area contributed by atoms with E-state index >= 15 is 0 Å². The number of nitrogens with two attached hydrogens (primary N) is 1. The first-order valence-corrected chi connectivity index (χ1v) is 5.59. The van der Waals surface area contributed by atoms with Crippen LogP contribution in [0.25, 0.3) is 0 Å². The minimum atomic E-state index is -0.0382. The van der Waals surface area contributed by atoms with Crippen LogP contribution in [0.2, 0.25) is 0 Å². The maximum atomic E-state index is 11.9. The molecule has 4 heteroatoms. The average molecular weight is 221 g/mol. The first-order chi connectivity index (χ1) is 7.69. The van der Waals surface area contributed by atoms with Gasteiger partial charge in [0.2, 0.25) is 0 Å². The summed E-state index contributed by atoms with van der Waals surface area (Å²) in [6, 6.07) is 3.58. The van der Waals surface area contributed by atoms with Crippen LogP contribution in [-0.4, -0.2) is 29.4 Å². The Morgan fingerprint density at radius 1 is 1.56 bits per heavy atom. The lowest BCUT2D eigenvalue weighted by Gasteiger charge is -2.16. The fraction of sp³-hybridized carbons (Fsp3) is 0.500. The summed E-state index contributed by atoms with van der Waals surface area (Å²) in [4.78, 5) is 17.7. The van der Waals surface area contributed by atoms with E-state index in [4.69, 9.17) is 5.73 Å². The molecule has 0 spiro atoms. The number of carbonyl (C=O) groups excluding carboxylic acids is 1. The maximum Gasteiger partial charge on any atom is 0.272 e. The largest absolute Gasteiger partial charge is 0.340 e. The van der Waals surface area contributed by atoms with E-state index in [2.05, 4.69) is 11.9 Å². The highest BCUT2D eigenvalue weighted by Gasteiger charge is 2.12. The van der Waals surface area contributed by atoms with E-state index in [0.717, 1.165) is 24.9 Å². The van der Waals surface area contributed by atoms with Gasteiger partial charge in [-0.15, -0.1) is 0 Å². The van der Waals surface area contributed by atoms with Crippen molar-refractivity contribution in [1.29, 1.82) is 0 Å². The third-order valence-electron chi connectivity index (χ3n) is 2.47. The molecule has 4 nitrogen and oxygen atoms in total. The van der Waals surface area contributed by atoms with Crippen LogP contribution < -0.4 is 5.73 Å². The van der Waals surface area contributed by atoms with Gasteiger partial charge in [-0.05, 0) is 24.1 Å². The number of carbonyl (C=O) groups is 1. The molecule has 0 atom stereocenters. The van der Waals surface area contributed by atoms with E-state index in [1.807, 2.05) is 6.07 Å². The lowest BCUT2D eigenvalue weighted by molar-refractivity contribution is 0.0787. The molecule has 88 valence electrons. The van der Waals surface area contributed by atoms with Crippen LogP contribution in [0.5, 0.6) is 0 Å². The molecular weight excluding hydrogens is 202 g/mol. The molecule has 0 radical (unpaired) electrons. The van der Waals surface area contributed by atoms with E-state index in [1.54, 1.807) is 24.2 Å². The van der Waals surface area contributed by atoms with E-state index in [-0.39, 0.29) is 5.91 Å². The highest BCUT2D eigenvalue weighted by Crippen LogP contribution is 2.05. The van der Waals surface area contributed by atoms with Gasteiger partial charge in [0.05, 0.1) is 0 Å². The van der Waals surface area contributed by atoms with Crippen molar-refractivity contribution >= 4 is 5.91 Å². The molecule has 1 amide bonds. The van der Waals surface area contributed by atoms with Crippen molar-refractivity contribution in [2.75, 3.05) is 13.6 Å². The number of unbranched alkanes of at least 4 members (excludes halogenated alkanes) is 1. The highest BCUT2D eigenvalue weighted by atomic mass is 16.2. The van der Waals surface area contributed by atoms with E-state index in [9.17, 15) is 4.79 Å². The lowest BCUT2D eigenvalue weighted by atomic mass is 10.2. The smallest absolute Gasteiger partial charge is 0.272 e. The lowest BCUT2D eigenvalue weighted by Crippen LogP contribution is -2.28. The number of hydrogen-bond acceptors (Lipinski definition) is 3. The van der Waals surface area contributed by atoms with Crippen molar-refractivity contribution in [2.45, 2.75) is 26.3 Å². The van der Waals surface area contributed by atoms with Gasteiger partial charge in [0.25, 0.3) is 5.91 Å². The highest BCUT2D eigenvalue weighted by molar-refractivity contribution is 5.92. The van der Waals surface area contributed by atoms with Crippen LogP contribution in [0.4, 0.5) is 0 Å². The monoisotopic (exact) mass is 221 g/mol. The number of nitrogens with zero attached hydrogens (tertiary/aromatic N) is 2. The first-order valence-electron chi connectivity index (χ1n) is 5.59. The molecule has 0 unspecified atom stereocenters. The normalized spacial score (nSPS) is 10.2. The summed E-state index contributed by atoms with van der Waals surface area (Å²) in [6.07, 6.45) is 3.72. The number of hydrogen-bond donors (Lipinski definition) is 1. The van der Waals surface area contributed by atoms with E-state index in [1.165, 1.54) is 0 Å². The fourth-order valence-electron chi connectivity index (χ4n) is 1.41. The van der Waals surface area contributed by atoms with Gasteiger partial charge in [-0.1, -0.05) is 13.3 Å². The molecule has 0 saturated carbocycles. The second-order valence-electron chi connectivity index (χ2n) is 3.83. The summed E-state index contributed by atoms with van der Waals surface area (Å²) in [7, 11) is 1.80. The Morgan fingerprint density at radius 3 is 2.94 bits per heavy atom. The van der Waals surface area contributed by atoms with Crippen LogP contribution >= 0.6 is 0 Å². The second kappa shape index (κ2) is 6.23. The zero-order valence-corrected chi connectivity index (χ0v) is 9.94. The van der Waals surface area contributed by atoms with Gasteiger partial charge in [-0.2, -0.15) is 0 Å². The van der Waals surface area contributed by atoms with Crippen molar-refractivity contribution in [1.82, 2.24) is 9.88 Å².